The summed E-state index contributed by atoms with van der Waals surface area (Å²) in [7, 11) is 0. The van der Waals surface area contributed by atoms with Gasteiger partial charge in [0.15, 0.2) is 0 Å². The van der Waals surface area contributed by atoms with Crippen LogP contribution in [0, 0.1) is 5.92 Å². The highest BCUT2D eigenvalue weighted by molar-refractivity contribution is 6.31. The van der Waals surface area contributed by atoms with Crippen LogP contribution >= 0.6 is 11.6 Å². The van der Waals surface area contributed by atoms with Gasteiger partial charge in [-0.1, -0.05) is 29.8 Å². The van der Waals surface area contributed by atoms with Gasteiger partial charge in [0.2, 0.25) is 0 Å². The van der Waals surface area contributed by atoms with Crippen molar-refractivity contribution >= 4 is 11.6 Å². The second-order valence-electron chi connectivity index (χ2n) is 6.09. The number of benzene rings is 1. The van der Waals surface area contributed by atoms with Crippen molar-refractivity contribution in [1.82, 2.24) is 9.80 Å². The van der Waals surface area contributed by atoms with Gasteiger partial charge in [-0.15, -0.1) is 0 Å². The lowest BCUT2D eigenvalue weighted by Gasteiger charge is -2.62. The Morgan fingerprint density at radius 2 is 1.83 bits per heavy atom. The Labute approximate surface area is 112 Å². The highest BCUT2D eigenvalue weighted by Crippen LogP contribution is 2.45. The van der Waals surface area contributed by atoms with E-state index in [0.717, 1.165) is 37.9 Å². The number of halogens is 1. The normalized spacial score (nSPS) is 45.4. The molecule has 18 heavy (non-hydrogen) atoms. The van der Waals surface area contributed by atoms with E-state index in [0.29, 0.717) is 5.92 Å². The molecule has 0 saturated carbocycles. The van der Waals surface area contributed by atoms with Crippen LogP contribution in [0.15, 0.2) is 24.3 Å². The van der Waals surface area contributed by atoms with E-state index in [2.05, 4.69) is 21.9 Å². The van der Waals surface area contributed by atoms with Crippen molar-refractivity contribution in [3.05, 3.63) is 34.9 Å². The molecule has 1 aromatic rings. The highest BCUT2D eigenvalue weighted by atomic mass is 35.5. The first kappa shape index (κ1) is 11.2. The zero-order chi connectivity index (χ0) is 12.3. The van der Waals surface area contributed by atoms with Crippen molar-refractivity contribution < 1.29 is 0 Å². The van der Waals surface area contributed by atoms with Crippen molar-refractivity contribution in [2.45, 2.75) is 11.5 Å². The molecule has 2 N–H and O–H groups in total. The van der Waals surface area contributed by atoms with Crippen LogP contribution in [0.3, 0.4) is 0 Å². The highest BCUT2D eigenvalue weighted by Gasteiger charge is 2.55. The molecule has 3 atom stereocenters. The smallest absolute Gasteiger partial charge is 0.0507 e. The molecule has 0 amide bonds. The summed E-state index contributed by atoms with van der Waals surface area (Å²) in [6, 6.07) is 8.48. The molecule has 4 aliphatic heterocycles. The fourth-order valence-electron chi connectivity index (χ4n) is 4.30. The van der Waals surface area contributed by atoms with Crippen LogP contribution < -0.4 is 5.73 Å². The molecule has 5 rings (SSSR count). The van der Waals surface area contributed by atoms with Crippen molar-refractivity contribution in [1.29, 1.82) is 0 Å². The van der Waals surface area contributed by atoms with Crippen molar-refractivity contribution in [2.75, 3.05) is 32.8 Å². The van der Waals surface area contributed by atoms with E-state index in [1.54, 1.807) is 0 Å². The number of hydrogen-bond acceptors (Lipinski definition) is 3. The maximum atomic E-state index is 6.59. The molecule has 4 bridgehead atoms. The second kappa shape index (κ2) is 3.70. The molecule has 4 heteroatoms. The summed E-state index contributed by atoms with van der Waals surface area (Å²) in [5, 5.41) is 0.873. The molecule has 0 radical (unpaired) electrons. The van der Waals surface area contributed by atoms with Gasteiger partial charge in [-0.25, -0.2) is 0 Å². The van der Waals surface area contributed by atoms with Crippen LogP contribution in [0.2, 0.25) is 5.02 Å². The van der Waals surface area contributed by atoms with Gasteiger partial charge >= 0.3 is 0 Å². The van der Waals surface area contributed by atoms with E-state index in [-0.39, 0.29) is 11.5 Å². The van der Waals surface area contributed by atoms with Crippen LogP contribution in [0.4, 0.5) is 0 Å². The number of piperidine rings is 2. The molecule has 4 aliphatic rings. The number of nitrogens with two attached hydrogens (primary N) is 1. The van der Waals surface area contributed by atoms with E-state index in [9.17, 15) is 0 Å². The Balaban J connectivity index is 1.85. The number of hydrogen-bond donors (Lipinski definition) is 1. The molecule has 0 spiro atoms. The first-order chi connectivity index (χ1) is 8.69. The lowest BCUT2D eigenvalue weighted by Crippen LogP contribution is -2.77. The van der Waals surface area contributed by atoms with Gasteiger partial charge in [0.1, 0.15) is 0 Å². The largest absolute Gasteiger partial charge is 0.326 e. The lowest BCUT2D eigenvalue weighted by molar-refractivity contribution is -0.0991. The minimum absolute atomic E-state index is 0.0394. The van der Waals surface area contributed by atoms with Crippen molar-refractivity contribution in [3.8, 4) is 0 Å². The molecular weight excluding hydrogens is 246 g/mol. The molecule has 96 valence electrons. The van der Waals surface area contributed by atoms with Gasteiger partial charge < -0.3 is 5.73 Å². The Morgan fingerprint density at radius 1 is 1.17 bits per heavy atom. The van der Waals surface area contributed by atoms with Crippen LogP contribution in [-0.2, 0) is 5.41 Å². The average molecular weight is 264 g/mol. The van der Waals surface area contributed by atoms with E-state index >= 15 is 0 Å². The molecule has 1 aromatic carbocycles. The van der Waals surface area contributed by atoms with Crippen LogP contribution in [0.1, 0.15) is 5.56 Å². The SMILES string of the molecule is NC1C2CN3CN(C2)CC1(c1ccccc1Cl)C3. The molecular formula is C14H18ClN3. The fraction of sp³-hybridized carbons (Fsp3) is 0.571. The minimum atomic E-state index is 0.0394. The first-order valence-electron chi connectivity index (χ1n) is 6.64. The summed E-state index contributed by atoms with van der Waals surface area (Å²) < 4.78 is 0. The first-order valence-corrected chi connectivity index (χ1v) is 7.02. The Kier molecular flexibility index (Phi) is 2.31. The third-order valence-corrected chi connectivity index (χ3v) is 5.28. The van der Waals surface area contributed by atoms with Gasteiger partial charge in [-0.3, -0.25) is 9.80 Å². The molecule has 4 saturated heterocycles. The van der Waals surface area contributed by atoms with Crippen molar-refractivity contribution in [3.63, 3.8) is 0 Å². The summed E-state index contributed by atoms with van der Waals surface area (Å²) in [5.41, 5.74) is 7.88. The third kappa shape index (κ3) is 1.36. The quantitative estimate of drug-likeness (QED) is 0.824. The summed E-state index contributed by atoms with van der Waals surface area (Å²) in [5.74, 6) is 0.595. The molecule has 4 fully saturated rings. The Morgan fingerprint density at radius 3 is 2.50 bits per heavy atom. The predicted molar refractivity (Wildman–Crippen MR) is 72.6 cm³/mol. The monoisotopic (exact) mass is 263 g/mol. The van der Waals surface area contributed by atoms with Gasteiger partial charge in [-0.2, -0.15) is 0 Å². The van der Waals surface area contributed by atoms with Gasteiger partial charge in [0, 0.05) is 48.6 Å². The van der Waals surface area contributed by atoms with Gasteiger partial charge in [0.05, 0.1) is 6.67 Å². The summed E-state index contributed by atoms with van der Waals surface area (Å²) >= 11 is 6.43. The van der Waals surface area contributed by atoms with E-state index in [1.165, 1.54) is 5.56 Å². The topological polar surface area (TPSA) is 32.5 Å². The van der Waals surface area contributed by atoms with E-state index < -0.39 is 0 Å². The zero-order valence-electron chi connectivity index (χ0n) is 10.3. The predicted octanol–water partition coefficient (Wildman–Crippen LogP) is 1.12. The molecule has 3 unspecified atom stereocenters. The molecule has 4 heterocycles. The second-order valence-corrected chi connectivity index (χ2v) is 6.49. The molecule has 3 nitrogen and oxygen atoms in total. The third-order valence-electron chi connectivity index (χ3n) is 4.95. The summed E-state index contributed by atoms with van der Waals surface area (Å²) in [6.07, 6.45) is 0. The molecule has 0 aliphatic carbocycles. The van der Waals surface area contributed by atoms with Crippen molar-refractivity contribution in [2.24, 2.45) is 11.7 Å². The molecule has 0 aromatic heterocycles. The Hall–Kier alpha value is -0.610. The average Bonchev–Trinajstić information content (AvgIpc) is 2.35. The van der Waals surface area contributed by atoms with Crippen LogP contribution in [0.5, 0.6) is 0 Å². The standard InChI is InChI=1S/C14H18ClN3/c15-12-4-2-1-3-11(12)14-7-17-5-10(13(14)16)6-18(8-14)9-17/h1-4,10,13H,5-9,16H2. The van der Waals surface area contributed by atoms with Gasteiger partial charge in [0.25, 0.3) is 0 Å². The Bertz CT molecular complexity index is 476. The number of rotatable bonds is 1. The zero-order valence-corrected chi connectivity index (χ0v) is 11.1. The maximum absolute atomic E-state index is 6.59. The van der Waals surface area contributed by atoms with E-state index in [1.807, 2.05) is 12.1 Å². The summed E-state index contributed by atoms with van der Waals surface area (Å²) in [4.78, 5) is 5.06. The minimum Gasteiger partial charge on any atom is -0.326 e. The lowest BCUT2D eigenvalue weighted by atomic mass is 9.63. The summed E-state index contributed by atoms with van der Waals surface area (Å²) in [6.45, 7) is 5.54. The maximum Gasteiger partial charge on any atom is 0.0507 e. The fourth-order valence-corrected chi connectivity index (χ4v) is 4.62. The van der Waals surface area contributed by atoms with Gasteiger partial charge in [-0.05, 0) is 11.6 Å². The van der Waals surface area contributed by atoms with E-state index in [4.69, 9.17) is 17.3 Å². The van der Waals surface area contributed by atoms with Crippen LogP contribution in [0.25, 0.3) is 0 Å². The number of nitrogens with zero attached hydrogens (tertiary/aromatic N) is 2. The van der Waals surface area contributed by atoms with Crippen LogP contribution in [-0.4, -0.2) is 48.7 Å².